The van der Waals surface area contributed by atoms with E-state index >= 15 is 0 Å². The summed E-state index contributed by atoms with van der Waals surface area (Å²) in [5.41, 5.74) is 8.54. The Hall–Kier alpha value is -5.98. The lowest BCUT2D eigenvalue weighted by Crippen LogP contribution is -2.16. The molecule has 4 nitrogen and oxygen atoms in total. The topological polar surface area (TPSA) is 53.9 Å². The van der Waals surface area contributed by atoms with E-state index < -0.39 is 11.6 Å². The van der Waals surface area contributed by atoms with Crippen LogP contribution in [0.15, 0.2) is 121 Å². The zero-order valence-corrected chi connectivity index (χ0v) is 23.2. The van der Waals surface area contributed by atoms with Crippen molar-refractivity contribution in [3.63, 3.8) is 0 Å². The third-order valence-electron chi connectivity index (χ3n) is 8.14. The molecule has 0 saturated heterocycles. The number of nitrogens with zero attached hydrogens (tertiary/aromatic N) is 4. The highest BCUT2D eigenvalue weighted by Crippen LogP contribution is 2.52. The van der Waals surface area contributed by atoms with Crippen molar-refractivity contribution in [2.24, 2.45) is 0 Å². The van der Waals surface area contributed by atoms with Gasteiger partial charge in [0, 0.05) is 11.5 Å². The molecule has 1 aliphatic rings. The molecule has 4 aromatic carbocycles. The molecule has 0 saturated carbocycles. The SMILES string of the molecule is [C-]#[N+]c1cc(-c2cccc(C(c3cccc(-c4ccc(F)c(C#N)c4)n3)C3c4ccccc4-c4ccccc43)n2)ccc1F. The second kappa shape index (κ2) is 11.0. The van der Waals surface area contributed by atoms with Crippen LogP contribution in [0.3, 0.4) is 0 Å². The van der Waals surface area contributed by atoms with E-state index in [4.69, 9.17) is 16.5 Å². The van der Waals surface area contributed by atoms with Gasteiger partial charge in [0.15, 0.2) is 0 Å². The first-order valence-electron chi connectivity index (χ1n) is 14.1. The molecule has 7 rings (SSSR count). The molecular weight excluding hydrogens is 550 g/mol. The Kier molecular flexibility index (Phi) is 6.73. The van der Waals surface area contributed by atoms with Gasteiger partial charge in [0.05, 0.1) is 40.8 Å². The summed E-state index contributed by atoms with van der Waals surface area (Å²) < 4.78 is 28.3. The van der Waals surface area contributed by atoms with Crippen LogP contribution in [0.4, 0.5) is 14.5 Å². The molecule has 0 radical (unpaired) electrons. The average Bonchev–Trinajstić information content (AvgIpc) is 3.40. The highest BCUT2D eigenvalue weighted by molar-refractivity contribution is 5.80. The van der Waals surface area contributed by atoms with Gasteiger partial charge in [-0.2, -0.15) is 5.26 Å². The Morgan fingerprint density at radius 2 is 1.20 bits per heavy atom. The second-order valence-corrected chi connectivity index (χ2v) is 10.6. The number of halogens is 2. The summed E-state index contributed by atoms with van der Waals surface area (Å²) in [5.74, 6) is -1.61. The number of benzene rings is 4. The van der Waals surface area contributed by atoms with Gasteiger partial charge in [-0.05, 0) is 82.4 Å². The summed E-state index contributed by atoms with van der Waals surface area (Å²) in [4.78, 5) is 13.5. The minimum Gasteiger partial charge on any atom is -0.252 e. The average molecular weight is 573 g/mol. The van der Waals surface area contributed by atoms with E-state index in [2.05, 4.69) is 29.1 Å². The molecule has 0 aliphatic heterocycles. The highest BCUT2D eigenvalue weighted by Gasteiger charge is 2.37. The van der Waals surface area contributed by atoms with Crippen LogP contribution in [0.2, 0.25) is 0 Å². The number of hydrogen-bond acceptors (Lipinski definition) is 3. The van der Waals surface area contributed by atoms with E-state index in [1.165, 1.54) is 24.3 Å². The van der Waals surface area contributed by atoms with Gasteiger partial charge in [-0.1, -0.05) is 66.7 Å². The van der Waals surface area contributed by atoms with E-state index in [-0.39, 0.29) is 23.1 Å². The Morgan fingerprint density at radius 3 is 1.77 bits per heavy atom. The first kappa shape index (κ1) is 26.9. The molecule has 0 bridgehead atoms. The molecule has 0 fully saturated rings. The Balaban J connectivity index is 1.44. The van der Waals surface area contributed by atoms with Crippen molar-refractivity contribution in [2.75, 3.05) is 0 Å². The van der Waals surface area contributed by atoms with E-state index in [0.717, 1.165) is 33.6 Å². The summed E-state index contributed by atoms with van der Waals surface area (Å²) in [6.45, 7) is 7.36. The van der Waals surface area contributed by atoms with Crippen molar-refractivity contribution in [1.82, 2.24) is 9.97 Å². The van der Waals surface area contributed by atoms with Gasteiger partial charge in [0.25, 0.3) is 0 Å². The van der Waals surface area contributed by atoms with Crippen molar-refractivity contribution in [3.8, 4) is 39.7 Å². The van der Waals surface area contributed by atoms with Crippen molar-refractivity contribution in [3.05, 3.63) is 172 Å². The zero-order chi connectivity index (χ0) is 30.2. The number of fused-ring (bicyclic) bond motifs is 3. The number of aromatic nitrogens is 2. The van der Waals surface area contributed by atoms with Crippen LogP contribution in [0.1, 0.15) is 39.9 Å². The molecule has 1 aliphatic carbocycles. The van der Waals surface area contributed by atoms with Gasteiger partial charge < -0.3 is 0 Å². The van der Waals surface area contributed by atoms with E-state index in [9.17, 15) is 14.0 Å². The normalized spacial score (nSPS) is 12.5. The van der Waals surface area contributed by atoms with Crippen LogP contribution in [-0.4, -0.2) is 9.97 Å². The summed E-state index contributed by atoms with van der Waals surface area (Å²) in [7, 11) is 0. The highest BCUT2D eigenvalue weighted by atomic mass is 19.1. The molecule has 0 spiro atoms. The first-order valence-corrected chi connectivity index (χ1v) is 14.1. The molecule has 44 heavy (non-hydrogen) atoms. The maximum absolute atomic E-state index is 14.2. The smallest absolute Gasteiger partial charge is 0.222 e. The van der Waals surface area contributed by atoms with E-state index in [0.29, 0.717) is 22.5 Å². The van der Waals surface area contributed by atoms with Gasteiger partial charge in [-0.3, -0.25) is 9.97 Å². The van der Waals surface area contributed by atoms with Gasteiger partial charge in [0.1, 0.15) is 17.7 Å². The quantitative estimate of drug-likeness (QED) is 0.193. The third kappa shape index (κ3) is 4.60. The van der Waals surface area contributed by atoms with Crippen LogP contribution in [-0.2, 0) is 0 Å². The fourth-order valence-corrected chi connectivity index (χ4v) is 6.15. The Morgan fingerprint density at radius 1 is 0.659 bits per heavy atom. The maximum Gasteiger partial charge on any atom is 0.222 e. The summed E-state index contributed by atoms with van der Waals surface area (Å²) in [6.07, 6.45) is 0. The summed E-state index contributed by atoms with van der Waals surface area (Å²) in [6, 6.07) is 38.9. The minimum atomic E-state index is -0.576. The van der Waals surface area contributed by atoms with Gasteiger partial charge >= 0.3 is 0 Å². The summed E-state index contributed by atoms with van der Waals surface area (Å²) in [5, 5.41) is 9.42. The van der Waals surface area contributed by atoms with Crippen molar-refractivity contribution in [1.29, 1.82) is 5.26 Å². The van der Waals surface area contributed by atoms with E-state index in [1.54, 1.807) is 12.1 Å². The molecule has 6 heteroatoms. The van der Waals surface area contributed by atoms with Gasteiger partial charge in [0.2, 0.25) is 5.69 Å². The monoisotopic (exact) mass is 572 g/mol. The second-order valence-electron chi connectivity index (χ2n) is 10.6. The van der Waals surface area contributed by atoms with Crippen LogP contribution >= 0.6 is 0 Å². The molecule has 0 amide bonds. The number of rotatable bonds is 5. The lowest BCUT2D eigenvalue weighted by atomic mass is 9.79. The maximum atomic E-state index is 14.2. The van der Waals surface area contributed by atoms with Crippen LogP contribution in [0.25, 0.3) is 38.5 Å². The molecule has 1 atom stereocenters. The van der Waals surface area contributed by atoms with Crippen molar-refractivity contribution >= 4 is 5.69 Å². The Bertz CT molecular complexity index is 2010. The third-order valence-corrected chi connectivity index (χ3v) is 8.14. The summed E-state index contributed by atoms with van der Waals surface area (Å²) >= 11 is 0. The fourth-order valence-electron chi connectivity index (χ4n) is 6.15. The van der Waals surface area contributed by atoms with Crippen LogP contribution < -0.4 is 0 Å². The lowest BCUT2D eigenvalue weighted by molar-refractivity contribution is 0.624. The zero-order valence-electron chi connectivity index (χ0n) is 23.2. The largest absolute Gasteiger partial charge is 0.252 e. The lowest BCUT2D eigenvalue weighted by Gasteiger charge is -2.26. The van der Waals surface area contributed by atoms with Crippen LogP contribution in [0.5, 0.6) is 0 Å². The molecule has 6 aromatic rings. The minimum absolute atomic E-state index is 0.0441. The molecule has 2 aromatic heterocycles. The molecule has 208 valence electrons. The predicted molar refractivity (Wildman–Crippen MR) is 166 cm³/mol. The molecule has 1 unspecified atom stereocenters. The standard InChI is InChI=1S/C38H22F2N4/c1-42-36-21-24(17-19-31(36)40)33-13-7-15-35(44-33)38(37-28-10-4-2-8-26(28)27-9-3-5-11-29(27)37)34-14-6-12-32(43-34)23-16-18-30(39)25(20-23)22-41/h2-21,37-38H. The van der Waals surface area contributed by atoms with Crippen molar-refractivity contribution in [2.45, 2.75) is 11.8 Å². The van der Waals surface area contributed by atoms with E-state index in [1.807, 2.05) is 66.7 Å². The van der Waals surface area contributed by atoms with Gasteiger partial charge in [-0.15, -0.1) is 0 Å². The van der Waals surface area contributed by atoms with Gasteiger partial charge in [-0.25, -0.2) is 13.6 Å². The Labute approximate surface area is 253 Å². The first-order chi connectivity index (χ1) is 21.6. The number of pyridine rings is 2. The number of hydrogen-bond donors (Lipinski definition) is 0. The van der Waals surface area contributed by atoms with Crippen molar-refractivity contribution < 1.29 is 8.78 Å². The fraction of sp³-hybridized carbons (Fsp3) is 0.0526. The molecular formula is C38H22F2N4. The molecule has 0 N–H and O–H groups in total. The number of nitriles is 1. The molecule has 2 heterocycles. The predicted octanol–water partition coefficient (Wildman–Crippen LogP) is 9.46. The van der Waals surface area contributed by atoms with Crippen LogP contribution in [0, 0.1) is 29.5 Å².